The number of benzene rings is 3. The molecule has 25 heavy (non-hydrogen) atoms. The second-order valence-corrected chi connectivity index (χ2v) is 6.21. The largest absolute Gasteiger partial charge is 0.489 e. The first-order chi connectivity index (χ1) is 11.6. The molecule has 0 heterocycles. The summed E-state index contributed by atoms with van der Waals surface area (Å²) >= 11 is 0. The van der Waals surface area contributed by atoms with Crippen molar-refractivity contribution in [2.75, 3.05) is 0 Å². The number of ether oxygens (including phenoxy) is 1. The standard InChI is InChI=1S/C21H22FNO.ClH/c1-15(2)23-13-20-19-6-4-3-5-17(19)9-12-21(20)24-14-16-7-10-18(22)11-8-16;/h3-12,15,23H,13-14H2,1-2H3;1H. The van der Waals surface area contributed by atoms with Crippen molar-refractivity contribution < 1.29 is 9.13 Å². The van der Waals surface area contributed by atoms with Gasteiger partial charge in [-0.15, -0.1) is 12.4 Å². The summed E-state index contributed by atoms with van der Waals surface area (Å²) in [5.74, 6) is 0.637. The molecule has 4 heteroatoms. The van der Waals surface area contributed by atoms with E-state index >= 15 is 0 Å². The molecule has 3 aromatic carbocycles. The van der Waals surface area contributed by atoms with Crippen molar-refractivity contribution in [3.63, 3.8) is 0 Å². The van der Waals surface area contributed by atoms with Crippen LogP contribution in [0.3, 0.4) is 0 Å². The minimum absolute atomic E-state index is 0. The van der Waals surface area contributed by atoms with E-state index < -0.39 is 0 Å². The molecule has 0 saturated carbocycles. The van der Waals surface area contributed by atoms with E-state index in [0.29, 0.717) is 12.6 Å². The fourth-order valence-corrected chi connectivity index (χ4v) is 2.68. The summed E-state index contributed by atoms with van der Waals surface area (Å²) in [6.07, 6.45) is 0. The predicted octanol–water partition coefficient (Wildman–Crippen LogP) is 5.48. The van der Waals surface area contributed by atoms with Gasteiger partial charge in [-0.2, -0.15) is 0 Å². The number of hydrogen-bond acceptors (Lipinski definition) is 2. The molecule has 132 valence electrons. The molecule has 0 aliphatic carbocycles. The minimum atomic E-state index is -0.230. The number of hydrogen-bond donors (Lipinski definition) is 1. The quantitative estimate of drug-likeness (QED) is 0.629. The second kappa shape index (κ2) is 8.84. The third kappa shape index (κ3) is 4.94. The summed E-state index contributed by atoms with van der Waals surface area (Å²) in [7, 11) is 0. The van der Waals surface area contributed by atoms with Crippen molar-refractivity contribution in [2.24, 2.45) is 0 Å². The lowest BCUT2D eigenvalue weighted by Gasteiger charge is -2.16. The SMILES string of the molecule is CC(C)NCc1c(OCc2ccc(F)cc2)ccc2ccccc12.Cl. The normalized spacial score (nSPS) is 10.7. The number of halogens is 2. The Morgan fingerprint density at radius 2 is 1.68 bits per heavy atom. The van der Waals surface area contributed by atoms with Crippen LogP contribution in [0, 0.1) is 5.82 Å². The van der Waals surface area contributed by atoms with Gasteiger partial charge in [-0.3, -0.25) is 0 Å². The number of nitrogens with one attached hydrogen (secondary N) is 1. The van der Waals surface area contributed by atoms with E-state index in [1.807, 2.05) is 18.2 Å². The third-order valence-electron chi connectivity index (χ3n) is 3.99. The summed E-state index contributed by atoms with van der Waals surface area (Å²) in [6, 6.07) is 19.2. The lowest BCUT2D eigenvalue weighted by Crippen LogP contribution is -2.22. The first-order valence-corrected chi connectivity index (χ1v) is 8.25. The van der Waals surface area contributed by atoms with Crippen molar-refractivity contribution in [3.8, 4) is 5.75 Å². The van der Waals surface area contributed by atoms with Crippen LogP contribution in [0.15, 0.2) is 60.7 Å². The number of rotatable bonds is 6. The van der Waals surface area contributed by atoms with E-state index in [1.54, 1.807) is 12.1 Å². The van der Waals surface area contributed by atoms with Gasteiger partial charge in [-0.05, 0) is 34.5 Å². The van der Waals surface area contributed by atoms with Crippen LogP contribution >= 0.6 is 12.4 Å². The lowest BCUT2D eigenvalue weighted by atomic mass is 10.0. The van der Waals surface area contributed by atoms with Crippen LogP contribution in [-0.2, 0) is 13.2 Å². The maximum atomic E-state index is 13.0. The molecule has 0 fully saturated rings. The zero-order valence-corrected chi connectivity index (χ0v) is 15.3. The Hall–Kier alpha value is -2.10. The first-order valence-electron chi connectivity index (χ1n) is 8.25. The van der Waals surface area contributed by atoms with Gasteiger partial charge in [0.25, 0.3) is 0 Å². The van der Waals surface area contributed by atoms with Gasteiger partial charge in [0.1, 0.15) is 18.2 Å². The maximum absolute atomic E-state index is 13.0. The van der Waals surface area contributed by atoms with Gasteiger partial charge in [0.15, 0.2) is 0 Å². The monoisotopic (exact) mass is 359 g/mol. The molecule has 0 bridgehead atoms. The fraction of sp³-hybridized carbons (Fsp3) is 0.238. The van der Waals surface area contributed by atoms with Gasteiger partial charge >= 0.3 is 0 Å². The summed E-state index contributed by atoms with van der Waals surface area (Å²) in [4.78, 5) is 0. The van der Waals surface area contributed by atoms with Crippen molar-refractivity contribution in [1.29, 1.82) is 0 Å². The highest BCUT2D eigenvalue weighted by Crippen LogP contribution is 2.29. The van der Waals surface area contributed by atoms with Crippen LogP contribution in [-0.4, -0.2) is 6.04 Å². The summed E-state index contributed by atoms with van der Waals surface area (Å²) in [5.41, 5.74) is 2.11. The lowest BCUT2D eigenvalue weighted by molar-refractivity contribution is 0.302. The van der Waals surface area contributed by atoms with Crippen LogP contribution in [0.25, 0.3) is 10.8 Å². The van der Waals surface area contributed by atoms with Crippen molar-refractivity contribution in [2.45, 2.75) is 33.0 Å². The Bertz CT molecular complexity index is 818. The van der Waals surface area contributed by atoms with Crippen LogP contribution in [0.2, 0.25) is 0 Å². The summed E-state index contributed by atoms with van der Waals surface area (Å²) in [6.45, 7) is 5.43. The molecule has 0 aliphatic rings. The zero-order valence-electron chi connectivity index (χ0n) is 14.5. The second-order valence-electron chi connectivity index (χ2n) is 6.21. The van der Waals surface area contributed by atoms with Gasteiger partial charge in [0, 0.05) is 18.2 Å². The molecule has 3 aromatic rings. The average molecular weight is 360 g/mol. The highest BCUT2D eigenvalue weighted by molar-refractivity contribution is 5.87. The van der Waals surface area contributed by atoms with Gasteiger partial charge in [-0.25, -0.2) is 4.39 Å². The molecule has 0 radical (unpaired) electrons. The summed E-state index contributed by atoms with van der Waals surface area (Å²) in [5, 5.41) is 5.87. The molecule has 0 saturated heterocycles. The van der Waals surface area contributed by atoms with E-state index in [0.717, 1.165) is 23.4 Å². The van der Waals surface area contributed by atoms with Crippen LogP contribution in [0.5, 0.6) is 5.75 Å². The van der Waals surface area contributed by atoms with Crippen LogP contribution in [0.1, 0.15) is 25.0 Å². The van der Waals surface area contributed by atoms with Crippen molar-refractivity contribution in [3.05, 3.63) is 77.6 Å². The van der Waals surface area contributed by atoms with Crippen molar-refractivity contribution >= 4 is 23.2 Å². The Labute approximate surface area is 154 Å². The Kier molecular flexibility index (Phi) is 6.80. The van der Waals surface area contributed by atoms with E-state index in [1.165, 1.54) is 22.9 Å². The first kappa shape index (κ1) is 19.2. The molecule has 3 rings (SSSR count). The van der Waals surface area contributed by atoms with Crippen LogP contribution in [0.4, 0.5) is 4.39 Å². The molecule has 0 aliphatic heterocycles. The molecule has 0 amide bonds. The zero-order chi connectivity index (χ0) is 16.9. The molecule has 0 spiro atoms. The predicted molar refractivity (Wildman–Crippen MR) is 104 cm³/mol. The third-order valence-corrected chi connectivity index (χ3v) is 3.99. The molecule has 1 N–H and O–H groups in total. The topological polar surface area (TPSA) is 21.3 Å². The van der Waals surface area contributed by atoms with E-state index in [-0.39, 0.29) is 18.2 Å². The Morgan fingerprint density at radius 1 is 0.960 bits per heavy atom. The molecule has 2 nitrogen and oxygen atoms in total. The Balaban J connectivity index is 0.00000225. The van der Waals surface area contributed by atoms with Crippen LogP contribution < -0.4 is 10.1 Å². The molecular formula is C21H23ClFNO. The Morgan fingerprint density at radius 3 is 2.40 bits per heavy atom. The highest BCUT2D eigenvalue weighted by atomic mass is 35.5. The maximum Gasteiger partial charge on any atom is 0.124 e. The molecule has 0 unspecified atom stereocenters. The molecule has 0 atom stereocenters. The van der Waals surface area contributed by atoms with Gasteiger partial charge in [0.05, 0.1) is 0 Å². The average Bonchev–Trinajstić information content (AvgIpc) is 2.59. The smallest absolute Gasteiger partial charge is 0.124 e. The van der Waals surface area contributed by atoms with Crippen molar-refractivity contribution in [1.82, 2.24) is 5.32 Å². The minimum Gasteiger partial charge on any atom is -0.489 e. The van der Waals surface area contributed by atoms with E-state index in [2.05, 4.69) is 37.4 Å². The summed E-state index contributed by atoms with van der Waals surface area (Å²) < 4.78 is 19.1. The van der Waals surface area contributed by atoms with E-state index in [4.69, 9.17) is 4.74 Å². The van der Waals surface area contributed by atoms with Gasteiger partial charge in [0.2, 0.25) is 0 Å². The molecular weight excluding hydrogens is 337 g/mol. The van der Waals surface area contributed by atoms with Gasteiger partial charge in [-0.1, -0.05) is 56.3 Å². The highest BCUT2D eigenvalue weighted by Gasteiger charge is 2.10. The molecule has 0 aromatic heterocycles. The number of fused-ring (bicyclic) bond motifs is 1. The van der Waals surface area contributed by atoms with E-state index in [9.17, 15) is 4.39 Å². The fourth-order valence-electron chi connectivity index (χ4n) is 2.68. The van der Waals surface area contributed by atoms with Gasteiger partial charge < -0.3 is 10.1 Å².